The van der Waals surface area contributed by atoms with Crippen molar-refractivity contribution in [3.05, 3.63) is 52.3 Å². The third-order valence-corrected chi connectivity index (χ3v) is 5.04. The normalized spacial score (nSPS) is 11.3. The van der Waals surface area contributed by atoms with Gasteiger partial charge in [-0.25, -0.2) is 8.42 Å². The first-order valence-electron chi connectivity index (χ1n) is 5.86. The number of pyridine rings is 1. The fraction of sp³-hybridized carbons (Fsp3) is 0.154. The van der Waals surface area contributed by atoms with Gasteiger partial charge in [0.15, 0.2) is 0 Å². The van der Waals surface area contributed by atoms with Crippen molar-refractivity contribution in [1.82, 2.24) is 4.98 Å². The minimum absolute atomic E-state index is 0.162. The molecule has 7 heteroatoms. The second-order valence-corrected chi connectivity index (χ2v) is 6.77. The van der Waals surface area contributed by atoms with Crippen LogP contribution in [-0.4, -0.2) is 13.4 Å². The molecule has 0 aliphatic heterocycles. The van der Waals surface area contributed by atoms with Crippen LogP contribution in [0.4, 0.5) is 5.69 Å². The van der Waals surface area contributed by atoms with E-state index in [1.807, 2.05) is 6.92 Å². The third-order valence-electron chi connectivity index (χ3n) is 2.69. The fourth-order valence-corrected chi connectivity index (χ4v) is 3.80. The predicted octanol–water partition coefficient (Wildman–Crippen LogP) is 2.41. The fourth-order valence-electron chi connectivity index (χ4n) is 1.63. The molecule has 0 radical (unpaired) electrons. The van der Waals surface area contributed by atoms with Gasteiger partial charge < -0.3 is 5.73 Å². The molecule has 0 atom stereocenters. The Morgan fingerprint density at radius 3 is 2.60 bits per heavy atom. The van der Waals surface area contributed by atoms with E-state index in [9.17, 15) is 8.42 Å². The van der Waals surface area contributed by atoms with Crippen LogP contribution >= 0.6 is 15.9 Å². The summed E-state index contributed by atoms with van der Waals surface area (Å²) in [7, 11) is -3.66. The van der Waals surface area contributed by atoms with Crippen molar-refractivity contribution >= 4 is 31.6 Å². The largest absolute Gasteiger partial charge is 0.326 e. The summed E-state index contributed by atoms with van der Waals surface area (Å²) in [5.74, 6) is 0. The van der Waals surface area contributed by atoms with Gasteiger partial charge in [-0.15, -0.1) is 0 Å². The van der Waals surface area contributed by atoms with Gasteiger partial charge in [-0.1, -0.05) is 6.07 Å². The molecule has 5 nitrogen and oxygen atoms in total. The molecule has 0 aliphatic rings. The number of hydrogen-bond donors (Lipinski definition) is 2. The average Bonchev–Trinajstić information content (AvgIpc) is 2.40. The number of halogens is 1. The summed E-state index contributed by atoms with van der Waals surface area (Å²) in [6.45, 7) is 2.19. The van der Waals surface area contributed by atoms with Gasteiger partial charge in [-0.3, -0.25) is 9.71 Å². The zero-order chi connectivity index (χ0) is 14.8. The van der Waals surface area contributed by atoms with Crippen LogP contribution in [0.3, 0.4) is 0 Å². The van der Waals surface area contributed by atoms with Crippen LogP contribution in [0.25, 0.3) is 0 Å². The highest BCUT2D eigenvalue weighted by atomic mass is 79.9. The minimum Gasteiger partial charge on any atom is -0.326 e. The van der Waals surface area contributed by atoms with Gasteiger partial charge in [0.1, 0.15) is 4.90 Å². The van der Waals surface area contributed by atoms with Gasteiger partial charge in [0.2, 0.25) is 0 Å². The van der Waals surface area contributed by atoms with Crippen LogP contribution < -0.4 is 10.5 Å². The quantitative estimate of drug-likeness (QED) is 0.881. The zero-order valence-corrected chi connectivity index (χ0v) is 13.2. The van der Waals surface area contributed by atoms with Crippen molar-refractivity contribution in [2.24, 2.45) is 5.73 Å². The van der Waals surface area contributed by atoms with E-state index >= 15 is 0 Å². The highest BCUT2D eigenvalue weighted by Crippen LogP contribution is 2.25. The number of hydrogen-bond acceptors (Lipinski definition) is 4. The summed E-state index contributed by atoms with van der Waals surface area (Å²) in [5.41, 5.74) is 7.62. The van der Waals surface area contributed by atoms with Gasteiger partial charge in [-0.2, -0.15) is 0 Å². The number of aryl methyl sites for hydroxylation is 1. The maximum absolute atomic E-state index is 12.3. The number of anilines is 1. The first-order valence-corrected chi connectivity index (χ1v) is 8.14. The van der Waals surface area contributed by atoms with Crippen LogP contribution in [0.2, 0.25) is 0 Å². The topological polar surface area (TPSA) is 85.1 Å². The SMILES string of the molecule is Cc1ccc(NS(=O)(=O)c2ccc(CN)cc2Br)cn1. The summed E-state index contributed by atoms with van der Waals surface area (Å²) in [4.78, 5) is 4.21. The molecule has 0 bridgehead atoms. The van der Waals surface area contributed by atoms with E-state index in [0.29, 0.717) is 16.7 Å². The lowest BCUT2D eigenvalue weighted by Crippen LogP contribution is -2.14. The zero-order valence-electron chi connectivity index (χ0n) is 10.8. The molecule has 0 aliphatic carbocycles. The first kappa shape index (κ1) is 15.0. The highest BCUT2D eigenvalue weighted by Gasteiger charge is 2.18. The standard InChI is InChI=1S/C13H14BrN3O2S/c1-9-2-4-11(8-16-9)17-20(18,19)13-5-3-10(7-15)6-12(13)14/h2-6,8,17H,7,15H2,1H3. The summed E-state index contributed by atoms with van der Waals surface area (Å²) >= 11 is 3.26. The Morgan fingerprint density at radius 2 is 2.05 bits per heavy atom. The molecule has 1 aromatic carbocycles. The number of nitrogens with two attached hydrogens (primary N) is 1. The van der Waals surface area contributed by atoms with Crippen molar-refractivity contribution in [3.8, 4) is 0 Å². The lowest BCUT2D eigenvalue weighted by molar-refractivity contribution is 0.600. The Bertz CT molecular complexity index is 715. The molecule has 0 fully saturated rings. The van der Waals surface area contributed by atoms with Crippen molar-refractivity contribution in [3.63, 3.8) is 0 Å². The van der Waals surface area contributed by atoms with Gasteiger partial charge in [0.05, 0.1) is 11.9 Å². The summed E-state index contributed by atoms with van der Waals surface area (Å²) < 4.78 is 27.6. The molecule has 1 aromatic heterocycles. The van der Waals surface area contributed by atoms with E-state index in [1.165, 1.54) is 12.3 Å². The molecular weight excluding hydrogens is 342 g/mol. The van der Waals surface area contributed by atoms with Crippen molar-refractivity contribution in [2.75, 3.05) is 4.72 Å². The third kappa shape index (κ3) is 3.36. The summed E-state index contributed by atoms with van der Waals surface area (Å²) in [6, 6.07) is 8.32. The molecule has 0 spiro atoms. The minimum atomic E-state index is -3.66. The molecule has 0 saturated carbocycles. The Labute approximate surface area is 126 Å². The number of nitrogens with one attached hydrogen (secondary N) is 1. The number of sulfonamides is 1. The van der Waals surface area contributed by atoms with E-state index in [4.69, 9.17) is 5.73 Å². The maximum Gasteiger partial charge on any atom is 0.263 e. The van der Waals surface area contributed by atoms with E-state index in [2.05, 4.69) is 25.6 Å². The van der Waals surface area contributed by atoms with E-state index < -0.39 is 10.0 Å². The predicted molar refractivity (Wildman–Crippen MR) is 81.8 cm³/mol. The van der Waals surface area contributed by atoms with Crippen LogP contribution in [0, 0.1) is 6.92 Å². The van der Waals surface area contributed by atoms with Gasteiger partial charge in [0, 0.05) is 16.7 Å². The second kappa shape index (κ2) is 5.90. The summed E-state index contributed by atoms with van der Waals surface area (Å²) in [6.07, 6.45) is 1.48. The molecule has 3 N–H and O–H groups in total. The first-order chi connectivity index (χ1) is 9.42. The monoisotopic (exact) mass is 355 g/mol. The van der Waals surface area contributed by atoms with Crippen LogP contribution in [0.5, 0.6) is 0 Å². The number of benzene rings is 1. The lowest BCUT2D eigenvalue weighted by Gasteiger charge is -2.10. The van der Waals surface area contributed by atoms with Crippen molar-refractivity contribution < 1.29 is 8.42 Å². The Kier molecular flexibility index (Phi) is 4.42. The van der Waals surface area contributed by atoms with Crippen LogP contribution in [0.1, 0.15) is 11.3 Å². The number of rotatable bonds is 4. The highest BCUT2D eigenvalue weighted by molar-refractivity contribution is 9.10. The summed E-state index contributed by atoms with van der Waals surface area (Å²) in [5, 5.41) is 0. The lowest BCUT2D eigenvalue weighted by atomic mass is 10.2. The van der Waals surface area contributed by atoms with Crippen LogP contribution in [-0.2, 0) is 16.6 Å². The second-order valence-electron chi connectivity index (χ2n) is 4.26. The average molecular weight is 356 g/mol. The Hall–Kier alpha value is -1.44. The molecule has 0 saturated heterocycles. The van der Waals surface area contributed by atoms with Crippen LogP contribution in [0.15, 0.2) is 45.9 Å². The van der Waals surface area contributed by atoms with Crippen molar-refractivity contribution in [1.29, 1.82) is 0 Å². The van der Waals surface area contributed by atoms with E-state index in [-0.39, 0.29) is 4.90 Å². The number of nitrogens with zero attached hydrogens (tertiary/aromatic N) is 1. The van der Waals surface area contributed by atoms with Gasteiger partial charge >= 0.3 is 0 Å². The number of aromatic nitrogens is 1. The molecule has 2 rings (SSSR count). The Morgan fingerprint density at radius 1 is 1.30 bits per heavy atom. The van der Waals surface area contributed by atoms with Crippen molar-refractivity contribution in [2.45, 2.75) is 18.4 Å². The molecule has 0 unspecified atom stereocenters. The Balaban J connectivity index is 2.33. The van der Waals surface area contributed by atoms with Gasteiger partial charge in [0.25, 0.3) is 10.0 Å². The molecular formula is C13H14BrN3O2S. The van der Waals surface area contributed by atoms with Gasteiger partial charge in [-0.05, 0) is 52.7 Å². The molecule has 106 valence electrons. The maximum atomic E-state index is 12.3. The van der Waals surface area contributed by atoms with E-state index in [0.717, 1.165) is 11.3 Å². The molecule has 1 heterocycles. The van der Waals surface area contributed by atoms with E-state index in [1.54, 1.807) is 24.3 Å². The molecule has 2 aromatic rings. The smallest absolute Gasteiger partial charge is 0.263 e. The molecule has 0 amide bonds. The molecule has 20 heavy (non-hydrogen) atoms.